The summed E-state index contributed by atoms with van der Waals surface area (Å²) < 4.78 is -0.568. The second kappa shape index (κ2) is 7.14. The van der Waals surface area contributed by atoms with Crippen molar-refractivity contribution in [1.29, 1.82) is 0 Å². The summed E-state index contributed by atoms with van der Waals surface area (Å²) in [5.74, 6) is -1.24. The van der Waals surface area contributed by atoms with Crippen LogP contribution in [0.25, 0.3) is 0 Å². The van der Waals surface area contributed by atoms with Crippen molar-refractivity contribution in [3.63, 3.8) is 0 Å². The van der Waals surface area contributed by atoms with Gasteiger partial charge in [0.2, 0.25) is 5.91 Å². The Labute approximate surface area is 139 Å². The van der Waals surface area contributed by atoms with Crippen molar-refractivity contribution in [2.24, 2.45) is 0 Å². The Morgan fingerprint density at radius 3 is 2.57 bits per heavy atom. The molecular weight excluding hydrogens is 316 g/mol. The van der Waals surface area contributed by atoms with E-state index in [4.69, 9.17) is 0 Å². The number of rotatable bonds is 6. The third-order valence-electron chi connectivity index (χ3n) is 3.71. The Kier molecular flexibility index (Phi) is 5.43. The number of aliphatic carboxylic acids is 1. The molecule has 0 aromatic heterocycles. The minimum absolute atomic E-state index is 0.175. The Morgan fingerprint density at radius 1 is 1.39 bits per heavy atom. The molecule has 2 rings (SSSR count). The summed E-state index contributed by atoms with van der Waals surface area (Å²) in [6.45, 7) is 3.61. The minimum Gasteiger partial charge on any atom is -0.480 e. The number of carboxylic acids is 1. The standard InChI is InChI=1S/C16H20N2O4S/c1-16(2)13(15(21)22)18-14(23-16)11(9-19)17-12(20)8-10-6-4-3-5-7-10/h3-7,9,11,13-14,18H,8H2,1-2H3,(H,17,20)(H,21,22). The quantitative estimate of drug-likeness (QED) is 0.665. The van der Waals surface area contributed by atoms with Gasteiger partial charge in [0.15, 0.2) is 0 Å². The third-order valence-corrected chi connectivity index (χ3v) is 5.24. The van der Waals surface area contributed by atoms with Crippen LogP contribution in [-0.4, -0.2) is 45.5 Å². The van der Waals surface area contributed by atoms with Crippen LogP contribution >= 0.6 is 11.8 Å². The number of aldehydes is 1. The van der Waals surface area contributed by atoms with Crippen LogP contribution in [0.15, 0.2) is 30.3 Å². The molecule has 1 aromatic carbocycles. The minimum atomic E-state index is -0.967. The van der Waals surface area contributed by atoms with Gasteiger partial charge >= 0.3 is 5.97 Å². The van der Waals surface area contributed by atoms with Crippen molar-refractivity contribution in [2.45, 2.75) is 42.5 Å². The smallest absolute Gasteiger partial charge is 0.322 e. The summed E-state index contributed by atoms with van der Waals surface area (Å²) in [6.07, 6.45) is 0.822. The largest absolute Gasteiger partial charge is 0.480 e. The van der Waals surface area contributed by atoms with E-state index in [2.05, 4.69) is 10.6 Å². The number of carbonyl (C=O) groups is 3. The Balaban J connectivity index is 1.99. The van der Waals surface area contributed by atoms with Crippen molar-refractivity contribution in [2.75, 3.05) is 0 Å². The molecule has 1 amide bonds. The highest BCUT2D eigenvalue weighted by Gasteiger charge is 2.47. The van der Waals surface area contributed by atoms with E-state index in [9.17, 15) is 19.5 Å². The van der Waals surface area contributed by atoms with E-state index < -0.39 is 28.2 Å². The Hall–Kier alpha value is -1.86. The van der Waals surface area contributed by atoms with Gasteiger partial charge in [-0.25, -0.2) is 0 Å². The van der Waals surface area contributed by atoms with E-state index in [1.807, 2.05) is 30.3 Å². The molecule has 0 radical (unpaired) electrons. The lowest BCUT2D eigenvalue weighted by atomic mass is 10.0. The van der Waals surface area contributed by atoms with Crippen molar-refractivity contribution >= 4 is 29.9 Å². The molecule has 1 saturated heterocycles. The average Bonchev–Trinajstić information content (AvgIpc) is 2.81. The molecule has 1 heterocycles. The van der Waals surface area contributed by atoms with Gasteiger partial charge in [-0.1, -0.05) is 30.3 Å². The lowest BCUT2D eigenvalue weighted by molar-refractivity contribution is -0.140. The molecule has 6 nitrogen and oxygen atoms in total. The van der Waals surface area contributed by atoms with Gasteiger partial charge < -0.3 is 15.2 Å². The predicted molar refractivity (Wildman–Crippen MR) is 88.2 cm³/mol. The number of carbonyl (C=O) groups excluding carboxylic acids is 2. The molecule has 0 bridgehead atoms. The predicted octanol–water partition coefficient (Wildman–Crippen LogP) is 0.807. The summed E-state index contributed by atoms with van der Waals surface area (Å²) in [5.41, 5.74) is 0.852. The van der Waals surface area contributed by atoms with Gasteiger partial charge in [-0.15, -0.1) is 11.8 Å². The van der Waals surface area contributed by atoms with E-state index >= 15 is 0 Å². The number of hydrogen-bond acceptors (Lipinski definition) is 5. The van der Waals surface area contributed by atoms with E-state index in [0.717, 1.165) is 5.56 Å². The van der Waals surface area contributed by atoms with Crippen molar-refractivity contribution < 1.29 is 19.5 Å². The maximum absolute atomic E-state index is 12.1. The summed E-state index contributed by atoms with van der Waals surface area (Å²) in [7, 11) is 0. The molecule has 1 aliphatic rings. The first-order chi connectivity index (χ1) is 10.8. The number of benzene rings is 1. The molecule has 124 valence electrons. The number of carboxylic acid groups (broad SMARTS) is 1. The molecule has 3 atom stereocenters. The molecule has 1 aromatic rings. The van der Waals surface area contributed by atoms with Crippen LogP contribution < -0.4 is 10.6 Å². The zero-order chi connectivity index (χ0) is 17.0. The first-order valence-electron chi connectivity index (χ1n) is 7.29. The van der Waals surface area contributed by atoms with Gasteiger partial charge in [0.25, 0.3) is 0 Å². The molecule has 1 aliphatic heterocycles. The van der Waals surface area contributed by atoms with Gasteiger partial charge in [-0.2, -0.15) is 0 Å². The van der Waals surface area contributed by atoms with Gasteiger partial charge in [0.05, 0.1) is 11.8 Å². The molecule has 1 fully saturated rings. The average molecular weight is 336 g/mol. The molecular formula is C16H20N2O4S. The lowest BCUT2D eigenvalue weighted by Crippen LogP contribution is -2.51. The van der Waals surface area contributed by atoms with Gasteiger partial charge in [-0.05, 0) is 19.4 Å². The number of hydrogen-bond donors (Lipinski definition) is 3. The van der Waals surface area contributed by atoms with Gasteiger partial charge in [-0.3, -0.25) is 14.9 Å². The van der Waals surface area contributed by atoms with E-state index in [1.54, 1.807) is 13.8 Å². The highest BCUT2D eigenvalue weighted by atomic mass is 32.2. The molecule has 3 unspecified atom stereocenters. The van der Waals surface area contributed by atoms with Crippen LogP contribution in [0.1, 0.15) is 19.4 Å². The van der Waals surface area contributed by atoms with E-state index in [0.29, 0.717) is 6.29 Å². The summed E-state index contributed by atoms with van der Waals surface area (Å²) in [5, 5.41) is 14.4. The highest BCUT2D eigenvalue weighted by Crippen LogP contribution is 2.38. The van der Waals surface area contributed by atoms with Crippen LogP contribution in [0.3, 0.4) is 0 Å². The topological polar surface area (TPSA) is 95.5 Å². The van der Waals surface area contributed by atoms with E-state index in [-0.39, 0.29) is 12.3 Å². The Morgan fingerprint density at radius 2 is 2.04 bits per heavy atom. The molecule has 0 saturated carbocycles. The maximum Gasteiger partial charge on any atom is 0.322 e. The normalized spacial score (nSPS) is 23.9. The molecule has 0 spiro atoms. The number of thioether (sulfide) groups is 1. The lowest BCUT2D eigenvalue weighted by Gasteiger charge is -2.21. The fourth-order valence-corrected chi connectivity index (χ4v) is 3.98. The summed E-state index contributed by atoms with van der Waals surface area (Å²) in [4.78, 5) is 34.7. The van der Waals surface area contributed by atoms with E-state index in [1.165, 1.54) is 11.8 Å². The van der Waals surface area contributed by atoms with Crippen LogP contribution in [-0.2, 0) is 20.8 Å². The Bertz CT molecular complexity index is 591. The highest BCUT2D eigenvalue weighted by molar-refractivity contribution is 8.01. The second-order valence-electron chi connectivity index (χ2n) is 5.97. The third kappa shape index (κ3) is 4.33. The summed E-state index contributed by atoms with van der Waals surface area (Å²) >= 11 is 1.35. The fourth-order valence-electron chi connectivity index (χ4n) is 2.54. The zero-order valence-electron chi connectivity index (χ0n) is 13.0. The molecule has 7 heteroatoms. The monoisotopic (exact) mass is 336 g/mol. The molecule has 3 N–H and O–H groups in total. The van der Waals surface area contributed by atoms with Gasteiger partial charge in [0.1, 0.15) is 18.4 Å². The van der Waals surface area contributed by atoms with Crippen LogP contribution in [0.2, 0.25) is 0 Å². The maximum atomic E-state index is 12.1. The van der Waals surface area contributed by atoms with Gasteiger partial charge in [0, 0.05) is 4.75 Å². The van der Waals surface area contributed by atoms with Crippen LogP contribution in [0, 0.1) is 0 Å². The van der Waals surface area contributed by atoms with Crippen molar-refractivity contribution in [1.82, 2.24) is 10.6 Å². The number of nitrogens with one attached hydrogen (secondary N) is 2. The molecule has 23 heavy (non-hydrogen) atoms. The second-order valence-corrected chi connectivity index (χ2v) is 7.77. The first kappa shape index (κ1) is 17.5. The number of amides is 1. The zero-order valence-corrected chi connectivity index (χ0v) is 13.8. The van der Waals surface area contributed by atoms with Crippen molar-refractivity contribution in [3.05, 3.63) is 35.9 Å². The van der Waals surface area contributed by atoms with Crippen LogP contribution in [0.5, 0.6) is 0 Å². The SMILES string of the molecule is CC1(C)SC(C(C=O)NC(=O)Cc2ccccc2)NC1C(=O)O. The van der Waals surface area contributed by atoms with Crippen LogP contribution in [0.4, 0.5) is 0 Å². The molecule has 0 aliphatic carbocycles. The first-order valence-corrected chi connectivity index (χ1v) is 8.16. The summed E-state index contributed by atoms with van der Waals surface area (Å²) in [6, 6.07) is 7.67. The van der Waals surface area contributed by atoms with Crippen molar-refractivity contribution in [3.8, 4) is 0 Å². The fraction of sp³-hybridized carbons (Fsp3) is 0.438.